The summed E-state index contributed by atoms with van der Waals surface area (Å²) in [5.41, 5.74) is 0.724. The number of ether oxygens (including phenoxy) is 1. The first kappa shape index (κ1) is 16.5. The van der Waals surface area contributed by atoms with E-state index in [1.807, 2.05) is 32.0 Å². The number of benzene rings is 1. The highest BCUT2D eigenvalue weighted by molar-refractivity contribution is 9.10. The smallest absolute Gasteiger partial charge is 0.254 e. The van der Waals surface area contributed by atoms with Crippen LogP contribution in [0.4, 0.5) is 0 Å². The van der Waals surface area contributed by atoms with Crippen molar-refractivity contribution in [1.82, 2.24) is 5.01 Å². The van der Waals surface area contributed by atoms with E-state index in [1.54, 1.807) is 0 Å². The number of hydrogen-bond acceptors (Lipinski definition) is 4. The highest BCUT2D eigenvalue weighted by Crippen LogP contribution is 2.52. The fraction of sp³-hybridized carbons (Fsp3) is 0.421. The zero-order valence-corrected chi connectivity index (χ0v) is 15.6. The number of imide groups is 1. The van der Waals surface area contributed by atoms with E-state index in [0.717, 1.165) is 21.5 Å². The molecule has 25 heavy (non-hydrogen) atoms. The molecule has 4 rings (SSSR count). The molecular formula is C19H19BrN2O3. The summed E-state index contributed by atoms with van der Waals surface area (Å²) in [5, 5.41) is 5.28. The van der Waals surface area contributed by atoms with Gasteiger partial charge in [0.1, 0.15) is 5.75 Å². The second-order valence-corrected chi connectivity index (χ2v) is 8.00. The molecule has 4 atom stereocenters. The van der Waals surface area contributed by atoms with Crippen molar-refractivity contribution in [2.75, 3.05) is 0 Å². The van der Waals surface area contributed by atoms with Crippen LogP contribution in [0.2, 0.25) is 0 Å². The van der Waals surface area contributed by atoms with E-state index in [0.29, 0.717) is 5.75 Å². The Bertz CT molecular complexity index is 772. The Morgan fingerprint density at radius 1 is 1.20 bits per heavy atom. The van der Waals surface area contributed by atoms with Gasteiger partial charge in [0.15, 0.2) is 0 Å². The monoisotopic (exact) mass is 402 g/mol. The summed E-state index contributed by atoms with van der Waals surface area (Å²) in [4.78, 5) is 25.3. The average molecular weight is 403 g/mol. The van der Waals surface area contributed by atoms with Gasteiger partial charge in [0.25, 0.3) is 11.8 Å². The molecular weight excluding hydrogens is 384 g/mol. The molecule has 3 aliphatic rings. The van der Waals surface area contributed by atoms with Crippen molar-refractivity contribution in [1.29, 1.82) is 0 Å². The summed E-state index contributed by atoms with van der Waals surface area (Å²) >= 11 is 3.43. The van der Waals surface area contributed by atoms with Crippen molar-refractivity contribution in [2.24, 2.45) is 28.8 Å². The minimum absolute atomic E-state index is 0.0180. The molecule has 1 saturated heterocycles. The first-order valence-electron chi connectivity index (χ1n) is 8.52. The van der Waals surface area contributed by atoms with Gasteiger partial charge in [-0.05, 0) is 50.3 Å². The Morgan fingerprint density at radius 3 is 2.44 bits per heavy atom. The van der Waals surface area contributed by atoms with Gasteiger partial charge in [0, 0.05) is 10.0 Å². The average Bonchev–Trinajstić information content (AvgIpc) is 3.23. The molecule has 2 fully saturated rings. The second kappa shape index (κ2) is 6.09. The quantitative estimate of drug-likeness (QED) is 0.440. The van der Waals surface area contributed by atoms with Crippen LogP contribution < -0.4 is 4.74 Å². The van der Waals surface area contributed by atoms with Crippen LogP contribution >= 0.6 is 15.9 Å². The number of halogens is 1. The Balaban J connectivity index is 1.60. The first-order chi connectivity index (χ1) is 12.0. The predicted molar refractivity (Wildman–Crippen MR) is 97.1 cm³/mol. The van der Waals surface area contributed by atoms with Crippen LogP contribution in [0.15, 0.2) is 39.9 Å². The highest BCUT2D eigenvalue weighted by atomic mass is 79.9. The van der Waals surface area contributed by atoms with Crippen LogP contribution in [-0.2, 0) is 9.59 Å². The van der Waals surface area contributed by atoms with E-state index in [4.69, 9.17) is 4.74 Å². The van der Waals surface area contributed by atoms with Gasteiger partial charge in [-0.1, -0.05) is 28.1 Å². The lowest BCUT2D eigenvalue weighted by atomic mass is 9.85. The van der Waals surface area contributed by atoms with Crippen LogP contribution in [0, 0.1) is 23.7 Å². The number of carbonyl (C=O) groups is 2. The van der Waals surface area contributed by atoms with Crippen molar-refractivity contribution >= 4 is 34.0 Å². The molecule has 0 radical (unpaired) electrons. The molecule has 1 saturated carbocycles. The third-order valence-electron chi connectivity index (χ3n) is 5.09. The SMILES string of the molecule is CC(C)Oc1ccc(Br)cc1C=NN1C(=O)[C@@H]2[C@H](C1=O)[C@H]1C=C[C@H]2C1. The van der Waals surface area contributed by atoms with Crippen LogP contribution in [0.3, 0.4) is 0 Å². The molecule has 1 aromatic carbocycles. The van der Waals surface area contributed by atoms with Crippen LogP contribution in [0.1, 0.15) is 25.8 Å². The number of hydrazone groups is 1. The fourth-order valence-electron chi connectivity index (χ4n) is 4.10. The number of rotatable bonds is 4. The Hall–Kier alpha value is -1.95. The third-order valence-corrected chi connectivity index (χ3v) is 5.59. The zero-order chi connectivity index (χ0) is 17.7. The first-order valence-corrected chi connectivity index (χ1v) is 9.31. The number of nitrogens with zero attached hydrogens (tertiary/aromatic N) is 2. The van der Waals surface area contributed by atoms with E-state index < -0.39 is 0 Å². The molecule has 2 bridgehead atoms. The van der Waals surface area contributed by atoms with Gasteiger partial charge in [0.2, 0.25) is 0 Å². The summed E-state index contributed by atoms with van der Waals surface area (Å²) in [5.74, 6) is 0.244. The van der Waals surface area contributed by atoms with Crippen LogP contribution in [0.25, 0.3) is 0 Å². The van der Waals surface area contributed by atoms with Gasteiger partial charge in [-0.2, -0.15) is 10.1 Å². The molecule has 0 aromatic heterocycles. The van der Waals surface area contributed by atoms with Crippen molar-refractivity contribution < 1.29 is 14.3 Å². The second-order valence-electron chi connectivity index (χ2n) is 7.08. The van der Waals surface area contributed by atoms with Crippen LogP contribution in [0.5, 0.6) is 5.75 Å². The molecule has 2 amide bonds. The van der Waals surface area contributed by atoms with Crippen molar-refractivity contribution in [3.05, 3.63) is 40.4 Å². The fourth-order valence-corrected chi connectivity index (χ4v) is 4.48. The van der Waals surface area contributed by atoms with E-state index in [9.17, 15) is 9.59 Å². The van der Waals surface area contributed by atoms with E-state index in [1.165, 1.54) is 6.21 Å². The van der Waals surface area contributed by atoms with Crippen molar-refractivity contribution in [3.8, 4) is 5.75 Å². The molecule has 5 nitrogen and oxygen atoms in total. The van der Waals surface area contributed by atoms with Crippen molar-refractivity contribution in [3.63, 3.8) is 0 Å². The van der Waals surface area contributed by atoms with E-state index in [2.05, 4.69) is 33.2 Å². The molecule has 1 aromatic rings. The topological polar surface area (TPSA) is 59.0 Å². The Kier molecular flexibility index (Phi) is 4.02. The lowest BCUT2D eigenvalue weighted by Gasteiger charge is -2.14. The summed E-state index contributed by atoms with van der Waals surface area (Å²) < 4.78 is 6.66. The van der Waals surface area contributed by atoms with Gasteiger partial charge in [-0.3, -0.25) is 9.59 Å². The van der Waals surface area contributed by atoms with Crippen molar-refractivity contribution in [2.45, 2.75) is 26.4 Å². The number of hydrogen-bond donors (Lipinski definition) is 0. The number of allylic oxidation sites excluding steroid dienone is 2. The standard InChI is InChI=1S/C19H19BrN2O3/c1-10(2)25-15-6-5-14(20)8-13(15)9-21-22-18(23)16-11-3-4-12(7-11)17(16)19(22)24/h3-6,8-12,16-17H,7H2,1-2H3/t11-,12-,16-,17+/m0/s1. The molecule has 1 heterocycles. The molecule has 0 spiro atoms. The minimum Gasteiger partial charge on any atom is -0.490 e. The zero-order valence-electron chi connectivity index (χ0n) is 14.1. The maximum absolute atomic E-state index is 12.7. The molecule has 1 aliphatic heterocycles. The highest BCUT2D eigenvalue weighted by Gasteiger charge is 2.59. The summed E-state index contributed by atoms with van der Waals surface area (Å²) in [6.07, 6.45) is 6.63. The van der Waals surface area contributed by atoms with E-state index >= 15 is 0 Å². The lowest BCUT2D eigenvalue weighted by Crippen LogP contribution is -2.28. The summed E-state index contributed by atoms with van der Waals surface area (Å²) in [6.45, 7) is 3.89. The third kappa shape index (κ3) is 2.72. The van der Waals surface area contributed by atoms with Gasteiger partial charge >= 0.3 is 0 Å². The van der Waals surface area contributed by atoms with Gasteiger partial charge in [-0.25, -0.2) is 0 Å². The van der Waals surface area contributed by atoms with Gasteiger partial charge < -0.3 is 4.74 Å². The number of amides is 2. The molecule has 6 heteroatoms. The maximum atomic E-state index is 12.7. The molecule has 2 aliphatic carbocycles. The molecule has 0 unspecified atom stereocenters. The summed E-state index contributed by atoms with van der Waals surface area (Å²) in [7, 11) is 0. The molecule has 0 N–H and O–H groups in total. The van der Waals surface area contributed by atoms with Gasteiger partial charge in [-0.15, -0.1) is 0 Å². The largest absolute Gasteiger partial charge is 0.490 e. The Labute approximate surface area is 154 Å². The number of carbonyl (C=O) groups excluding carboxylic acids is 2. The summed E-state index contributed by atoms with van der Waals surface area (Å²) in [6, 6.07) is 5.59. The lowest BCUT2D eigenvalue weighted by molar-refractivity contribution is -0.140. The Morgan fingerprint density at radius 2 is 1.84 bits per heavy atom. The minimum atomic E-state index is -0.228. The van der Waals surface area contributed by atoms with Crippen LogP contribution in [-0.4, -0.2) is 29.1 Å². The van der Waals surface area contributed by atoms with E-state index in [-0.39, 0.29) is 41.6 Å². The predicted octanol–water partition coefficient (Wildman–Crippen LogP) is 3.38. The normalized spacial score (nSPS) is 30.2. The maximum Gasteiger partial charge on any atom is 0.254 e. The molecule has 130 valence electrons. The van der Waals surface area contributed by atoms with Gasteiger partial charge in [0.05, 0.1) is 24.2 Å². The number of fused-ring (bicyclic) bond motifs is 5.